The van der Waals surface area contributed by atoms with Crippen molar-refractivity contribution in [2.75, 3.05) is 11.1 Å². The Morgan fingerprint density at radius 2 is 1.91 bits per heavy atom. The lowest BCUT2D eigenvalue weighted by molar-refractivity contribution is -0.384. The van der Waals surface area contributed by atoms with E-state index in [4.69, 9.17) is 21.9 Å². The third kappa shape index (κ3) is 3.45. The van der Waals surface area contributed by atoms with E-state index >= 15 is 0 Å². The Hall–Kier alpha value is -2.36. The number of nitrogens with zero attached hydrogens (tertiary/aromatic N) is 1. The maximum Gasteiger partial charge on any atom is 0.294 e. The predicted molar refractivity (Wildman–Crippen MR) is 82.1 cm³/mol. The van der Waals surface area contributed by atoms with Crippen LogP contribution < -0.4 is 11.1 Å². The molecule has 2 aromatic carbocycles. The first-order valence-corrected chi connectivity index (χ1v) is 7.58. The van der Waals surface area contributed by atoms with Gasteiger partial charge in [0, 0.05) is 11.8 Å². The minimum absolute atomic E-state index is 0.0409. The normalized spacial score (nSPS) is 11.2. The zero-order chi connectivity index (χ0) is 16.5. The van der Waals surface area contributed by atoms with Gasteiger partial charge in [0.05, 0.1) is 15.6 Å². The molecule has 0 aliphatic carbocycles. The number of rotatable bonds is 4. The number of hydrogen-bond acceptors (Lipinski definition) is 6. The summed E-state index contributed by atoms with van der Waals surface area (Å²) < 4.78 is 31.0. The number of halogens is 1. The van der Waals surface area contributed by atoms with E-state index in [1.54, 1.807) is 6.07 Å². The van der Waals surface area contributed by atoms with Crippen LogP contribution in [0.3, 0.4) is 0 Å². The van der Waals surface area contributed by atoms with Gasteiger partial charge in [0.1, 0.15) is 10.6 Å². The molecule has 0 atom stereocenters. The topological polar surface area (TPSA) is 136 Å². The molecule has 0 aromatic heterocycles. The van der Waals surface area contributed by atoms with Gasteiger partial charge in [-0.2, -0.15) is 8.42 Å². The molecule has 0 fully saturated rings. The van der Waals surface area contributed by atoms with E-state index in [1.807, 2.05) is 0 Å². The van der Waals surface area contributed by atoms with Crippen LogP contribution in [0.2, 0.25) is 5.02 Å². The summed E-state index contributed by atoms with van der Waals surface area (Å²) >= 11 is 5.78. The van der Waals surface area contributed by atoms with Gasteiger partial charge in [0.15, 0.2) is 0 Å². The zero-order valence-corrected chi connectivity index (χ0v) is 12.4. The second-order valence-electron chi connectivity index (χ2n) is 4.27. The molecule has 116 valence electrons. The summed E-state index contributed by atoms with van der Waals surface area (Å²) in [4.78, 5) is 9.72. The highest BCUT2D eigenvalue weighted by atomic mass is 35.5. The van der Waals surface area contributed by atoms with Crippen molar-refractivity contribution in [3.8, 4) is 0 Å². The smallest absolute Gasteiger partial charge is 0.294 e. The Labute approximate surface area is 130 Å². The Kier molecular flexibility index (Phi) is 4.22. The van der Waals surface area contributed by atoms with Crippen LogP contribution >= 0.6 is 11.6 Å². The Morgan fingerprint density at radius 3 is 2.45 bits per heavy atom. The summed E-state index contributed by atoms with van der Waals surface area (Å²) in [5.41, 5.74) is 5.88. The molecule has 0 spiro atoms. The van der Waals surface area contributed by atoms with E-state index in [0.717, 1.165) is 12.1 Å². The molecule has 0 saturated heterocycles. The Balaban J connectivity index is 2.46. The van der Waals surface area contributed by atoms with Crippen LogP contribution in [0.1, 0.15) is 0 Å². The Morgan fingerprint density at radius 1 is 1.23 bits per heavy atom. The van der Waals surface area contributed by atoms with Crippen molar-refractivity contribution in [2.45, 2.75) is 4.90 Å². The lowest BCUT2D eigenvalue weighted by atomic mass is 10.2. The van der Waals surface area contributed by atoms with Crippen molar-refractivity contribution in [2.24, 2.45) is 0 Å². The maximum atomic E-state index is 11.1. The van der Waals surface area contributed by atoms with Gasteiger partial charge in [0.25, 0.3) is 15.8 Å². The van der Waals surface area contributed by atoms with Crippen LogP contribution in [-0.4, -0.2) is 17.9 Å². The van der Waals surface area contributed by atoms with Crippen molar-refractivity contribution in [3.05, 3.63) is 51.5 Å². The number of nitrogens with two attached hydrogens (primary N) is 1. The van der Waals surface area contributed by atoms with E-state index in [2.05, 4.69) is 5.32 Å². The SMILES string of the molecule is Nc1cc(Nc2ccc(S(=O)(=O)O)cc2[N+](=O)[O-])ccc1Cl. The third-order valence-electron chi connectivity index (χ3n) is 2.74. The molecule has 10 heteroatoms. The van der Waals surface area contributed by atoms with Gasteiger partial charge in [0.2, 0.25) is 0 Å². The highest BCUT2D eigenvalue weighted by Crippen LogP contribution is 2.31. The van der Waals surface area contributed by atoms with Crippen LogP contribution in [0.5, 0.6) is 0 Å². The molecule has 0 amide bonds. The molecular weight excluding hydrogens is 334 g/mol. The number of hydrogen-bond donors (Lipinski definition) is 3. The van der Waals surface area contributed by atoms with E-state index in [0.29, 0.717) is 10.7 Å². The van der Waals surface area contributed by atoms with Gasteiger partial charge < -0.3 is 11.1 Å². The summed E-state index contributed by atoms with van der Waals surface area (Å²) in [7, 11) is -4.53. The predicted octanol–water partition coefficient (Wildman–Crippen LogP) is 2.82. The number of benzene rings is 2. The first kappa shape index (κ1) is 16.0. The fourth-order valence-electron chi connectivity index (χ4n) is 1.71. The molecule has 0 saturated carbocycles. The summed E-state index contributed by atoms with van der Waals surface area (Å²) in [5, 5.41) is 14.1. The fourth-order valence-corrected chi connectivity index (χ4v) is 2.32. The molecule has 0 bridgehead atoms. The molecule has 2 aromatic rings. The first-order chi connectivity index (χ1) is 10.2. The lowest BCUT2D eigenvalue weighted by Crippen LogP contribution is -2.02. The summed E-state index contributed by atoms with van der Waals surface area (Å²) in [6.45, 7) is 0. The third-order valence-corrected chi connectivity index (χ3v) is 3.93. The van der Waals surface area contributed by atoms with E-state index in [9.17, 15) is 18.5 Å². The van der Waals surface area contributed by atoms with Gasteiger partial charge in [-0.15, -0.1) is 0 Å². The average Bonchev–Trinajstić information content (AvgIpc) is 2.42. The molecule has 22 heavy (non-hydrogen) atoms. The van der Waals surface area contributed by atoms with Crippen LogP contribution in [0.4, 0.5) is 22.7 Å². The standard InChI is InChI=1S/C12H10ClN3O5S/c13-9-3-1-7(5-10(9)14)15-11-4-2-8(22(19,20)21)6-12(11)16(17)18/h1-6,15H,14H2,(H,19,20,21). The summed E-state index contributed by atoms with van der Waals surface area (Å²) in [6, 6.07) is 7.52. The molecular formula is C12H10ClN3O5S. The van der Waals surface area contributed by atoms with Crippen LogP contribution in [0, 0.1) is 10.1 Å². The number of nitrogen functional groups attached to an aromatic ring is 1. The second-order valence-corrected chi connectivity index (χ2v) is 6.10. The summed E-state index contributed by atoms with van der Waals surface area (Å²) in [6.07, 6.45) is 0. The van der Waals surface area contributed by atoms with Gasteiger partial charge in [-0.3, -0.25) is 14.7 Å². The highest BCUT2D eigenvalue weighted by molar-refractivity contribution is 7.85. The molecule has 2 rings (SSSR count). The van der Waals surface area contributed by atoms with Crippen molar-refractivity contribution in [1.29, 1.82) is 0 Å². The fraction of sp³-hybridized carbons (Fsp3) is 0. The minimum atomic E-state index is -4.53. The van der Waals surface area contributed by atoms with Crippen molar-refractivity contribution in [1.82, 2.24) is 0 Å². The van der Waals surface area contributed by atoms with E-state index < -0.39 is 25.6 Å². The van der Waals surface area contributed by atoms with Gasteiger partial charge in [-0.05, 0) is 30.3 Å². The largest absolute Gasteiger partial charge is 0.397 e. The molecule has 0 radical (unpaired) electrons. The van der Waals surface area contributed by atoms with Gasteiger partial charge in [-0.25, -0.2) is 0 Å². The maximum absolute atomic E-state index is 11.1. The van der Waals surface area contributed by atoms with Crippen LogP contribution in [-0.2, 0) is 10.1 Å². The van der Waals surface area contributed by atoms with Gasteiger partial charge in [-0.1, -0.05) is 11.6 Å². The molecule has 0 aliphatic heterocycles. The number of nitrogens with one attached hydrogen (secondary N) is 1. The van der Waals surface area contributed by atoms with Crippen molar-refractivity contribution < 1.29 is 17.9 Å². The average molecular weight is 344 g/mol. The van der Waals surface area contributed by atoms with Crippen LogP contribution in [0.25, 0.3) is 0 Å². The molecule has 0 unspecified atom stereocenters. The minimum Gasteiger partial charge on any atom is -0.397 e. The van der Waals surface area contributed by atoms with Crippen molar-refractivity contribution >= 4 is 44.5 Å². The van der Waals surface area contributed by atoms with E-state index in [-0.39, 0.29) is 11.4 Å². The molecule has 4 N–H and O–H groups in total. The summed E-state index contributed by atoms with van der Waals surface area (Å²) in [5.74, 6) is 0. The first-order valence-electron chi connectivity index (χ1n) is 5.76. The van der Waals surface area contributed by atoms with Crippen molar-refractivity contribution in [3.63, 3.8) is 0 Å². The number of anilines is 3. The molecule has 8 nitrogen and oxygen atoms in total. The highest BCUT2D eigenvalue weighted by Gasteiger charge is 2.20. The monoisotopic (exact) mass is 343 g/mol. The molecule has 0 aliphatic rings. The number of nitro benzene ring substituents is 1. The van der Waals surface area contributed by atoms with Crippen LogP contribution in [0.15, 0.2) is 41.3 Å². The van der Waals surface area contributed by atoms with Gasteiger partial charge >= 0.3 is 0 Å². The second kappa shape index (κ2) is 5.79. The quantitative estimate of drug-likeness (QED) is 0.336. The molecule has 0 heterocycles. The lowest BCUT2D eigenvalue weighted by Gasteiger charge is -2.09. The number of nitro groups is 1. The van der Waals surface area contributed by atoms with E-state index in [1.165, 1.54) is 18.2 Å². The zero-order valence-electron chi connectivity index (χ0n) is 10.9. The Bertz CT molecular complexity index is 854.